The zero-order valence-corrected chi connectivity index (χ0v) is 12.4. The maximum Gasteiger partial charge on any atom is 0.0379 e. The highest BCUT2D eigenvalue weighted by atomic mass is 14.9. The van der Waals surface area contributed by atoms with Crippen molar-refractivity contribution in [3.8, 4) is 0 Å². The van der Waals surface area contributed by atoms with Crippen LogP contribution in [0.15, 0.2) is 42.5 Å². The van der Waals surface area contributed by atoms with Crippen molar-refractivity contribution in [2.75, 3.05) is 7.05 Å². The summed E-state index contributed by atoms with van der Waals surface area (Å²) in [5.41, 5.74) is 5.07. The van der Waals surface area contributed by atoms with Gasteiger partial charge in [0.2, 0.25) is 0 Å². The van der Waals surface area contributed by atoms with Crippen molar-refractivity contribution in [2.45, 2.75) is 32.2 Å². The number of benzene rings is 1. The Morgan fingerprint density at radius 2 is 1.75 bits per heavy atom. The SMILES string of the molecule is CNC(c1cc(C)nc(C)c1)C1CC1c1ccccc1. The summed E-state index contributed by atoms with van der Waals surface area (Å²) < 4.78 is 0. The molecule has 1 aromatic heterocycles. The number of pyridine rings is 1. The maximum atomic E-state index is 4.48. The van der Waals surface area contributed by atoms with Gasteiger partial charge in [0.25, 0.3) is 0 Å². The normalized spacial score (nSPS) is 22.6. The summed E-state index contributed by atoms with van der Waals surface area (Å²) in [6, 6.07) is 15.7. The average molecular weight is 266 g/mol. The van der Waals surface area contributed by atoms with Gasteiger partial charge in [-0.1, -0.05) is 30.3 Å². The second kappa shape index (κ2) is 5.37. The zero-order chi connectivity index (χ0) is 14.1. The van der Waals surface area contributed by atoms with E-state index in [2.05, 4.69) is 73.7 Å². The van der Waals surface area contributed by atoms with Gasteiger partial charge < -0.3 is 5.32 Å². The minimum atomic E-state index is 0.431. The molecule has 3 atom stereocenters. The van der Waals surface area contributed by atoms with Crippen molar-refractivity contribution in [3.05, 3.63) is 65.0 Å². The van der Waals surface area contributed by atoms with Gasteiger partial charge >= 0.3 is 0 Å². The number of nitrogens with one attached hydrogen (secondary N) is 1. The Labute approximate surface area is 121 Å². The molecular formula is C18H22N2. The van der Waals surface area contributed by atoms with Crippen LogP contribution < -0.4 is 5.32 Å². The molecule has 2 heteroatoms. The first kappa shape index (κ1) is 13.3. The van der Waals surface area contributed by atoms with Crippen molar-refractivity contribution in [2.24, 2.45) is 5.92 Å². The molecule has 2 aromatic rings. The molecule has 1 N–H and O–H groups in total. The highest BCUT2D eigenvalue weighted by Gasteiger charge is 2.43. The van der Waals surface area contributed by atoms with Crippen LogP contribution in [0.5, 0.6) is 0 Å². The quantitative estimate of drug-likeness (QED) is 0.911. The van der Waals surface area contributed by atoms with E-state index >= 15 is 0 Å². The molecule has 1 aromatic carbocycles. The van der Waals surface area contributed by atoms with E-state index < -0.39 is 0 Å². The fourth-order valence-electron chi connectivity index (χ4n) is 3.34. The molecule has 1 aliphatic rings. The molecular weight excluding hydrogens is 244 g/mol. The summed E-state index contributed by atoms with van der Waals surface area (Å²) in [5.74, 6) is 1.39. The topological polar surface area (TPSA) is 24.9 Å². The van der Waals surface area contributed by atoms with Gasteiger partial charge in [0, 0.05) is 17.4 Å². The molecule has 1 saturated carbocycles. The summed E-state index contributed by atoms with van der Waals surface area (Å²) >= 11 is 0. The largest absolute Gasteiger partial charge is 0.313 e. The first-order valence-corrected chi connectivity index (χ1v) is 7.36. The molecule has 3 unspecified atom stereocenters. The van der Waals surface area contributed by atoms with Gasteiger partial charge in [0.05, 0.1) is 0 Å². The molecule has 0 saturated heterocycles. The van der Waals surface area contributed by atoms with Gasteiger partial charge in [-0.3, -0.25) is 4.98 Å². The van der Waals surface area contributed by atoms with Crippen molar-refractivity contribution in [1.29, 1.82) is 0 Å². The lowest BCUT2D eigenvalue weighted by molar-refractivity contribution is 0.516. The van der Waals surface area contributed by atoms with Crippen LogP contribution in [0.2, 0.25) is 0 Å². The molecule has 1 aliphatic carbocycles. The number of aryl methyl sites for hydroxylation is 2. The van der Waals surface area contributed by atoms with E-state index in [0.29, 0.717) is 17.9 Å². The molecule has 0 bridgehead atoms. The minimum absolute atomic E-state index is 0.431. The Hall–Kier alpha value is -1.67. The molecule has 104 valence electrons. The van der Waals surface area contributed by atoms with Crippen LogP contribution in [0.25, 0.3) is 0 Å². The van der Waals surface area contributed by atoms with E-state index in [0.717, 1.165) is 11.4 Å². The number of hydrogen-bond acceptors (Lipinski definition) is 2. The van der Waals surface area contributed by atoms with Crippen LogP contribution in [-0.4, -0.2) is 12.0 Å². The lowest BCUT2D eigenvalue weighted by Crippen LogP contribution is -2.19. The van der Waals surface area contributed by atoms with E-state index in [1.54, 1.807) is 0 Å². The van der Waals surface area contributed by atoms with Crippen molar-refractivity contribution < 1.29 is 0 Å². The summed E-state index contributed by atoms with van der Waals surface area (Å²) in [5, 5.41) is 3.51. The Morgan fingerprint density at radius 3 is 2.35 bits per heavy atom. The first-order valence-electron chi connectivity index (χ1n) is 7.36. The van der Waals surface area contributed by atoms with Crippen LogP contribution in [-0.2, 0) is 0 Å². The molecule has 1 heterocycles. The monoisotopic (exact) mass is 266 g/mol. The standard InChI is InChI=1S/C18H22N2/c1-12-9-15(10-13(2)20-12)18(19-3)17-11-16(17)14-7-5-4-6-8-14/h4-10,16-19H,11H2,1-3H3. The van der Waals surface area contributed by atoms with Gasteiger partial charge in [-0.25, -0.2) is 0 Å². The van der Waals surface area contributed by atoms with Gasteiger partial charge in [-0.15, -0.1) is 0 Å². The Morgan fingerprint density at radius 1 is 1.10 bits per heavy atom. The zero-order valence-electron chi connectivity index (χ0n) is 12.4. The molecule has 0 spiro atoms. The van der Waals surface area contributed by atoms with Crippen molar-refractivity contribution in [1.82, 2.24) is 10.3 Å². The summed E-state index contributed by atoms with van der Waals surface area (Å²) in [4.78, 5) is 4.48. The van der Waals surface area contributed by atoms with Crippen LogP contribution in [0, 0.1) is 19.8 Å². The number of nitrogens with zero attached hydrogens (tertiary/aromatic N) is 1. The highest BCUT2D eigenvalue weighted by Crippen LogP contribution is 2.53. The van der Waals surface area contributed by atoms with Gasteiger partial charge in [-0.2, -0.15) is 0 Å². The van der Waals surface area contributed by atoms with Crippen LogP contribution >= 0.6 is 0 Å². The van der Waals surface area contributed by atoms with E-state index in [4.69, 9.17) is 0 Å². The van der Waals surface area contributed by atoms with Crippen LogP contribution in [0.1, 0.15) is 40.9 Å². The highest BCUT2D eigenvalue weighted by molar-refractivity contribution is 5.31. The third kappa shape index (κ3) is 2.61. The minimum Gasteiger partial charge on any atom is -0.313 e. The second-order valence-corrected chi connectivity index (χ2v) is 5.87. The Bertz CT molecular complexity index is 571. The molecule has 1 fully saturated rings. The summed E-state index contributed by atoms with van der Waals surface area (Å²) in [6.07, 6.45) is 1.27. The fourth-order valence-corrected chi connectivity index (χ4v) is 3.34. The molecule has 2 nitrogen and oxygen atoms in total. The van der Waals surface area contributed by atoms with E-state index in [1.165, 1.54) is 17.5 Å². The predicted octanol–water partition coefficient (Wildman–Crippen LogP) is 3.76. The van der Waals surface area contributed by atoms with E-state index in [9.17, 15) is 0 Å². The van der Waals surface area contributed by atoms with Gasteiger partial charge in [0.15, 0.2) is 0 Å². The fraction of sp³-hybridized carbons (Fsp3) is 0.389. The van der Waals surface area contributed by atoms with Crippen molar-refractivity contribution >= 4 is 0 Å². The van der Waals surface area contributed by atoms with Crippen LogP contribution in [0.3, 0.4) is 0 Å². The predicted molar refractivity (Wildman–Crippen MR) is 82.8 cm³/mol. The smallest absolute Gasteiger partial charge is 0.0379 e. The van der Waals surface area contributed by atoms with E-state index in [-0.39, 0.29) is 0 Å². The lowest BCUT2D eigenvalue weighted by atomic mass is 9.98. The first-order chi connectivity index (χ1) is 9.69. The number of hydrogen-bond donors (Lipinski definition) is 1. The Kier molecular flexibility index (Phi) is 3.58. The molecule has 3 rings (SSSR count). The summed E-state index contributed by atoms with van der Waals surface area (Å²) in [7, 11) is 2.07. The molecule has 20 heavy (non-hydrogen) atoms. The van der Waals surface area contributed by atoms with Gasteiger partial charge in [0.1, 0.15) is 0 Å². The second-order valence-electron chi connectivity index (χ2n) is 5.87. The molecule has 0 amide bonds. The number of rotatable bonds is 4. The molecule has 0 radical (unpaired) electrons. The lowest BCUT2D eigenvalue weighted by Gasteiger charge is -2.18. The van der Waals surface area contributed by atoms with E-state index in [1.807, 2.05) is 0 Å². The Balaban J connectivity index is 1.82. The summed E-state index contributed by atoms with van der Waals surface area (Å²) in [6.45, 7) is 4.15. The average Bonchev–Trinajstić information content (AvgIpc) is 3.20. The molecule has 0 aliphatic heterocycles. The van der Waals surface area contributed by atoms with Crippen molar-refractivity contribution in [3.63, 3.8) is 0 Å². The maximum absolute atomic E-state index is 4.48. The number of aromatic nitrogens is 1. The van der Waals surface area contributed by atoms with Crippen LogP contribution in [0.4, 0.5) is 0 Å². The third-order valence-electron chi connectivity index (χ3n) is 4.27. The van der Waals surface area contributed by atoms with Gasteiger partial charge in [-0.05, 0) is 62.4 Å². The third-order valence-corrected chi connectivity index (χ3v) is 4.27.